The van der Waals surface area contributed by atoms with Crippen molar-refractivity contribution < 1.29 is 9.13 Å². The van der Waals surface area contributed by atoms with E-state index in [2.05, 4.69) is 10.6 Å². The van der Waals surface area contributed by atoms with E-state index < -0.39 is 0 Å². The lowest BCUT2D eigenvalue weighted by molar-refractivity contribution is 0.340. The molecule has 2 N–H and O–H groups in total. The van der Waals surface area contributed by atoms with Crippen LogP contribution in [0.5, 0.6) is 5.75 Å². The molecule has 0 unspecified atom stereocenters. The van der Waals surface area contributed by atoms with Crippen molar-refractivity contribution in [3.05, 3.63) is 53.8 Å². The minimum atomic E-state index is -0.260. The maximum atomic E-state index is 13.5. The number of ether oxygens (including phenoxy) is 1. The molecule has 0 aliphatic heterocycles. The van der Waals surface area contributed by atoms with Gasteiger partial charge >= 0.3 is 0 Å². The number of hydrogen-bond donors (Lipinski definition) is 2. The van der Waals surface area contributed by atoms with Crippen molar-refractivity contribution in [1.82, 2.24) is 0 Å². The Morgan fingerprint density at radius 1 is 1.10 bits per heavy atom. The van der Waals surface area contributed by atoms with Crippen LogP contribution in [0, 0.1) is 12.7 Å². The first-order valence-electron chi connectivity index (χ1n) is 6.65. The summed E-state index contributed by atoms with van der Waals surface area (Å²) >= 11 is 5.20. The van der Waals surface area contributed by atoms with E-state index in [1.54, 1.807) is 19.1 Å². The van der Waals surface area contributed by atoms with Crippen LogP contribution in [0.3, 0.4) is 0 Å². The molecule has 2 aromatic rings. The summed E-state index contributed by atoms with van der Waals surface area (Å²) in [6.07, 6.45) is 0. The van der Waals surface area contributed by atoms with Crippen molar-refractivity contribution in [3.63, 3.8) is 0 Å². The zero-order valence-electron chi connectivity index (χ0n) is 11.9. The Hall–Kier alpha value is -2.14. The minimum Gasteiger partial charge on any atom is -0.494 e. The van der Waals surface area contributed by atoms with Crippen LogP contribution in [-0.4, -0.2) is 11.7 Å². The molecule has 21 heavy (non-hydrogen) atoms. The Morgan fingerprint density at radius 3 is 2.33 bits per heavy atom. The van der Waals surface area contributed by atoms with Gasteiger partial charge in [0.15, 0.2) is 5.11 Å². The number of halogens is 1. The van der Waals surface area contributed by atoms with Gasteiger partial charge in [-0.25, -0.2) is 4.39 Å². The fraction of sp³-hybridized carbons (Fsp3) is 0.188. The standard InChI is InChI=1S/C16H17FN2OS/c1-3-20-14-8-6-12(7-9-14)18-16(21)19-13-5-4-11(2)15(17)10-13/h4-10H,3H2,1-2H3,(H2,18,19,21). The summed E-state index contributed by atoms with van der Waals surface area (Å²) in [5.74, 6) is 0.548. The quantitative estimate of drug-likeness (QED) is 0.823. The number of hydrogen-bond acceptors (Lipinski definition) is 2. The Morgan fingerprint density at radius 2 is 1.71 bits per heavy atom. The summed E-state index contributed by atoms with van der Waals surface area (Å²) in [6, 6.07) is 12.4. The van der Waals surface area contributed by atoms with Gasteiger partial charge in [0.25, 0.3) is 0 Å². The maximum Gasteiger partial charge on any atom is 0.175 e. The van der Waals surface area contributed by atoms with E-state index >= 15 is 0 Å². The van der Waals surface area contributed by atoms with Crippen LogP contribution in [-0.2, 0) is 0 Å². The molecular weight excluding hydrogens is 287 g/mol. The molecule has 0 fully saturated rings. The first-order valence-corrected chi connectivity index (χ1v) is 7.06. The van der Waals surface area contributed by atoms with Gasteiger partial charge in [-0.1, -0.05) is 6.07 Å². The van der Waals surface area contributed by atoms with Crippen molar-refractivity contribution >= 4 is 28.7 Å². The summed E-state index contributed by atoms with van der Waals surface area (Å²) < 4.78 is 18.8. The first kappa shape index (κ1) is 15.3. The van der Waals surface area contributed by atoms with E-state index in [-0.39, 0.29) is 5.82 Å². The van der Waals surface area contributed by atoms with Crippen molar-refractivity contribution in [1.29, 1.82) is 0 Å². The Balaban J connectivity index is 1.96. The zero-order valence-corrected chi connectivity index (χ0v) is 12.8. The molecular formula is C16H17FN2OS. The highest BCUT2D eigenvalue weighted by Gasteiger charge is 2.02. The van der Waals surface area contributed by atoms with Gasteiger partial charge < -0.3 is 15.4 Å². The normalized spacial score (nSPS) is 10.0. The van der Waals surface area contributed by atoms with E-state index in [9.17, 15) is 4.39 Å². The maximum absolute atomic E-state index is 13.5. The van der Waals surface area contributed by atoms with Crippen LogP contribution in [0.2, 0.25) is 0 Å². The van der Waals surface area contributed by atoms with Crippen molar-refractivity contribution in [2.75, 3.05) is 17.2 Å². The molecule has 0 saturated heterocycles. The molecule has 0 radical (unpaired) electrons. The molecule has 0 bridgehead atoms. The molecule has 3 nitrogen and oxygen atoms in total. The number of rotatable bonds is 4. The smallest absolute Gasteiger partial charge is 0.175 e. The first-order chi connectivity index (χ1) is 10.1. The van der Waals surface area contributed by atoms with E-state index in [0.717, 1.165) is 11.4 Å². The third-order valence-corrected chi connectivity index (χ3v) is 3.06. The van der Waals surface area contributed by atoms with Gasteiger partial charge in [-0.05, 0) is 68.0 Å². The number of aryl methyl sites for hydroxylation is 1. The predicted molar refractivity (Wildman–Crippen MR) is 88.6 cm³/mol. The van der Waals surface area contributed by atoms with Gasteiger partial charge in [0.05, 0.1) is 6.61 Å². The molecule has 0 amide bonds. The van der Waals surface area contributed by atoms with Gasteiger partial charge in [0, 0.05) is 11.4 Å². The minimum absolute atomic E-state index is 0.260. The van der Waals surface area contributed by atoms with Gasteiger partial charge in [-0.2, -0.15) is 0 Å². The van der Waals surface area contributed by atoms with Crippen LogP contribution in [0.15, 0.2) is 42.5 Å². The number of nitrogens with one attached hydrogen (secondary N) is 2. The summed E-state index contributed by atoms with van der Waals surface area (Å²) in [4.78, 5) is 0. The molecule has 0 atom stereocenters. The fourth-order valence-electron chi connectivity index (χ4n) is 1.77. The highest BCUT2D eigenvalue weighted by Crippen LogP contribution is 2.17. The largest absolute Gasteiger partial charge is 0.494 e. The lowest BCUT2D eigenvalue weighted by Gasteiger charge is -2.11. The van der Waals surface area contributed by atoms with Gasteiger partial charge in [-0.15, -0.1) is 0 Å². The number of thiocarbonyl (C=S) groups is 1. The Kier molecular flexibility index (Phi) is 5.11. The summed E-state index contributed by atoms with van der Waals surface area (Å²) in [5.41, 5.74) is 2.05. The molecule has 0 spiro atoms. The van der Waals surface area contributed by atoms with E-state index in [1.807, 2.05) is 31.2 Å². The molecule has 0 aromatic heterocycles. The molecule has 0 aliphatic rings. The third kappa shape index (κ3) is 4.43. The van der Waals surface area contributed by atoms with Gasteiger partial charge in [-0.3, -0.25) is 0 Å². The lowest BCUT2D eigenvalue weighted by Crippen LogP contribution is -2.19. The Labute approximate surface area is 129 Å². The highest BCUT2D eigenvalue weighted by molar-refractivity contribution is 7.80. The Bertz CT molecular complexity index is 629. The van der Waals surface area contributed by atoms with Crippen molar-refractivity contribution in [3.8, 4) is 5.75 Å². The third-order valence-electron chi connectivity index (χ3n) is 2.85. The second-order valence-electron chi connectivity index (χ2n) is 4.50. The van der Waals surface area contributed by atoms with Crippen LogP contribution in [0.1, 0.15) is 12.5 Å². The SMILES string of the molecule is CCOc1ccc(NC(=S)Nc2ccc(C)c(F)c2)cc1. The average Bonchev–Trinajstić information content (AvgIpc) is 2.45. The van der Waals surface area contributed by atoms with Gasteiger partial charge in [0.2, 0.25) is 0 Å². The average molecular weight is 304 g/mol. The molecule has 5 heteroatoms. The van der Waals surface area contributed by atoms with Crippen LogP contribution in [0.4, 0.5) is 15.8 Å². The molecule has 2 rings (SSSR count). The van der Waals surface area contributed by atoms with Crippen LogP contribution >= 0.6 is 12.2 Å². The summed E-state index contributed by atoms with van der Waals surface area (Å²) in [6.45, 7) is 4.28. The van der Waals surface area contributed by atoms with Crippen molar-refractivity contribution in [2.45, 2.75) is 13.8 Å². The fourth-order valence-corrected chi connectivity index (χ4v) is 2.00. The van der Waals surface area contributed by atoms with E-state index in [4.69, 9.17) is 17.0 Å². The van der Waals surface area contributed by atoms with E-state index in [1.165, 1.54) is 6.07 Å². The monoisotopic (exact) mass is 304 g/mol. The molecule has 110 valence electrons. The lowest BCUT2D eigenvalue weighted by atomic mass is 10.2. The predicted octanol–water partition coefficient (Wildman–Crippen LogP) is 4.34. The molecule has 0 heterocycles. The zero-order chi connectivity index (χ0) is 15.2. The second-order valence-corrected chi connectivity index (χ2v) is 4.91. The molecule has 0 aliphatic carbocycles. The van der Waals surface area contributed by atoms with Crippen LogP contribution in [0.25, 0.3) is 0 Å². The van der Waals surface area contributed by atoms with Gasteiger partial charge in [0.1, 0.15) is 11.6 Å². The molecule has 0 saturated carbocycles. The number of anilines is 2. The van der Waals surface area contributed by atoms with Crippen LogP contribution < -0.4 is 15.4 Å². The van der Waals surface area contributed by atoms with E-state index in [0.29, 0.717) is 23.0 Å². The highest BCUT2D eigenvalue weighted by atomic mass is 32.1. The van der Waals surface area contributed by atoms with Crippen molar-refractivity contribution in [2.24, 2.45) is 0 Å². The summed E-state index contributed by atoms with van der Waals surface area (Å²) in [5, 5.41) is 6.39. The molecule has 2 aromatic carbocycles. The summed E-state index contributed by atoms with van der Waals surface area (Å²) in [7, 11) is 0. The second kappa shape index (κ2) is 7.04. The topological polar surface area (TPSA) is 33.3 Å². The number of benzene rings is 2.